The molecule has 264 valence electrons. The Kier molecular flexibility index (Phi) is 12.8. The molecule has 1 unspecified atom stereocenters. The van der Waals surface area contributed by atoms with Gasteiger partial charge in [0, 0.05) is 25.3 Å². The van der Waals surface area contributed by atoms with Gasteiger partial charge >= 0.3 is 42.3 Å². The molecule has 0 spiro atoms. The SMILES string of the molecule is CCOC(Cc1ccc(OCCN(CCOC(F)(F)C(F)(F)C(F)(F)C(F)(F)F)C(=O)Nc2cccc(C(F)(F)F)c2)cc1)C(=O)O. The number of halogens is 12. The number of carboxylic acid groups (broad SMARTS) is 1. The lowest BCUT2D eigenvalue weighted by Gasteiger charge is -2.33. The van der Waals surface area contributed by atoms with Gasteiger partial charge in [-0.05, 0) is 42.8 Å². The molecule has 20 heteroatoms. The first-order chi connectivity index (χ1) is 21.5. The number of alkyl halides is 12. The largest absolute Gasteiger partial charge is 0.492 e. The second-order valence-electron chi connectivity index (χ2n) is 9.49. The molecule has 2 aromatic carbocycles. The van der Waals surface area contributed by atoms with Gasteiger partial charge in [-0.25, -0.2) is 9.59 Å². The van der Waals surface area contributed by atoms with Crippen LogP contribution in [-0.2, 0) is 26.9 Å². The number of urea groups is 1. The summed E-state index contributed by atoms with van der Waals surface area (Å²) in [6.07, 6.45) is -19.5. The summed E-state index contributed by atoms with van der Waals surface area (Å²) in [5.41, 5.74) is -1.17. The van der Waals surface area contributed by atoms with E-state index in [4.69, 9.17) is 9.47 Å². The zero-order chi connectivity index (χ0) is 35.8. The number of carbonyl (C=O) groups excluding carboxylic acids is 1. The summed E-state index contributed by atoms with van der Waals surface area (Å²) >= 11 is 0. The van der Waals surface area contributed by atoms with Gasteiger partial charge in [0.1, 0.15) is 12.4 Å². The maximum atomic E-state index is 13.8. The number of carbonyl (C=O) groups is 2. The van der Waals surface area contributed by atoms with Crippen LogP contribution in [0.1, 0.15) is 18.1 Å². The third-order valence-electron chi connectivity index (χ3n) is 6.11. The molecule has 0 aliphatic carbocycles. The second kappa shape index (κ2) is 15.3. The number of hydrogen-bond donors (Lipinski definition) is 2. The molecule has 1 atom stereocenters. The number of benzene rings is 2. The molecule has 0 aromatic heterocycles. The van der Waals surface area contributed by atoms with E-state index in [2.05, 4.69) is 4.74 Å². The maximum absolute atomic E-state index is 13.8. The zero-order valence-corrected chi connectivity index (χ0v) is 23.9. The van der Waals surface area contributed by atoms with Gasteiger partial charge < -0.3 is 29.5 Å². The smallest absolute Gasteiger partial charge is 0.460 e. The number of ether oxygens (including phenoxy) is 3. The molecule has 0 saturated carbocycles. The molecule has 0 heterocycles. The van der Waals surface area contributed by atoms with Crippen LogP contribution in [0.15, 0.2) is 48.5 Å². The van der Waals surface area contributed by atoms with E-state index in [1.807, 2.05) is 5.32 Å². The van der Waals surface area contributed by atoms with Crippen LogP contribution in [0.5, 0.6) is 5.75 Å². The van der Waals surface area contributed by atoms with E-state index < -0.39 is 86.0 Å². The molecule has 8 nitrogen and oxygen atoms in total. The van der Waals surface area contributed by atoms with Gasteiger partial charge in [-0.2, -0.15) is 52.7 Å². The van der Waals surface area contributed by atoms with Gasteiger partial charge in [0.05, 0.1) is 18.7 Å². The van der Waals surface area contributed by atoms with E-state index in [0.29, 0.717) is 22.6 Å². The summed E-state index contributed by atoms with van der Waals surface area (Å²) in [6, 6.07) is 7.31. The molecule has 0 fully saturated rings. The van der Waals surface area contributed by atoms with E-state index in [0.717, 1.165) is 12.1 Å². The van der Waals surface area contributed by atoms with Gasteiger partial charge in [-0.15, -0.1) is 0 Å². The van der Waals surface area contributed by atoms with Crippen LogP contribution in [0.25, 0.3) is 0 Å². The molecule has 0 aliphatic heterocycles. The Balaban J connectivity index is 2.17. The minimum Gasteiger partial charge on any atom is -0.492 e. The van der Waals surface area contributed by atoms with Crippen LogP contribution in [0.3, 0.4) is 0 Å². The fourth-order valence-electron chi connectivity index (χ4n) is 3.65. The average molecular weight is 702 g/mol. The van der Waals surface area contributed by atoms with E-state index in [-0.39, 0.29) is 18.8 Å². The summed E-state index contributed by atoms with van der Waals surface area (Å²) in [7, 11) is 0. The topological polar surface area (TPSA) is 97.3 Å². The van der Waals surface area contributed by atoms with Crippen molar-refractivity contribution in [1.82, 2.24) is 4.90 Å². The minimum absolute atomic E-state index is 0.0223. The lowest BCUT2D eigenvalue weighted by molar-refractivity contribution is -0.443. The summed E-state index contributed by atoms with van der Waals surface area (Å²) in [6.45, 7) is -2.35. The van der Waals surface area contributed by atoms with Crippen molar-refractivity contribution in [3.63, 3.8) is 0 Å². The number of nitrogens with one attached hydrogen (secondary N) is 1. The van der Waals surface area contributed by atoms with Crippen LogP contribution in [-0.4, -0.2) is 85.2 Å². The Morgan fingerprint density at radius 1 is 0.851 bits per heavy atom. The average Bonchev–Trinajstić information content (AvgIpc) is 2.95. The highest BCUT2D eigenvalue weighted by Gasteiger charge is 2.82. The van der Waals surface area contributed by atoms with E-state index in [9.17, 15) is 67.4 Å². The first kappa shape index (κ1) is 39.2. The van der Waals surface area contributed by atoms with Crippen molar-refractivity contribution < 1.29 is 81.6 Å². The summed E-state index contributed by atoms with van der Waals surface area (Å²) < 4.78 is 171. The van der Waals surface area contributed by atoms with Crippen molar-refractivity contribution >= 4 is 17.7 Å². The molecular weight excluding hydrogens is 676 g/mol. The van der Waals surface area contributed by atoms with Crippen molar-refractivity contribution in [3.8, 4) is 5.75 Å². The first-order valence-electron chi connectivity index (χ1n) is 13.2. The van der Waals surface area contributed by atoms with Crippen molar-refractivity contribution in [2.24, 2.45) is 0 Å². The van der Waals surface area contributed by atoms with Crippen molar-refractivity contribution in [2.75, 3.05) is 38.2 Å². The second-order valence-corrected chi connectivity index (χ2v) is 9.49. The summed E-state index contributed by atoms with van der Waals surface area (Å²) in [5, 5.41) is 11.2. The number of hydrogen-bond acceptors (Lipinski definition) is 5. The predicted molar refractivity (Wildman–Crippen MR) is 138 cm³/mol. The molecule has 0 saturated heterocycles. The molecule has 2 N–H and O–H groups in total. The van der Waals surface area contributed by atoms with E-state index >= 15 is 0 Å². The van der Waals surface area contributed by atoms with Crippen LogP contribution in [0.4, 0.5) is 63.2 Å². The van der Waals surface area contributed by atoms with Gasteiger partial charge in [-0.1, -0.05) is 18.2 Å². The normalized spacial score (nSPS) is 13.6. The highest BCUT2D eigenvalue weighted by molar-refractivity contribution is 5.89. The third kappa shape index (κ3) is 10.3. The number of nitrogens with zero attached hydrogens (tertiary/aromatic N) is 1. The number of anilines is 1. The van der Waals surface area contributed by atoms with Crippen LogP contribution in [0.2, 0.25) is 0 Å². The number of rotatable bonds is 16. The molecule has 2 amide bonds. The van der Waals surface area contributed by atoms with Gasteiger partial charge in [-0.3, -0.25) is 0 Å². The van der Waals surface area contributed by atoms with Gasteiger partial charge in [0.25, 0.3) is 0 Å². The van der Waals surface area contributed by atoms with Crippen LogP contribution < -0.4 is 10.1 Å². The van der Waals surface area contributed by atoms with Crippen LogP contribution in [0, 0.1) is 0 Å². The Morgan fingerprint density at radius 3 is 1.98 bits per heavy atom. The van der Waals surface area contributed by atoms with Crippen LogP contribution >= 0.6 is 0 Å². The van der Waals surface area contributed by atoms with Gasteiger partial charge in [0.15, 0.2) is 6.10 Å². The number of amides is 2. The fourth-order valence-corrected chi connectivity index (χ4v) is 3.65. The maximum Gasteiger partial charge on any atom is 0.460 e. The summed E-state index contributed by atoms with van der Waals surface area (Å²) in [5.74, 6) is -15.4. The van der Waals surface area contributed by atoms with E-state index in [1.165, 1.54) is 24.3 Å². The van der Waals surface area contributed by atoms with Crippen molar-refractivity contribution in [3.05, 3.63) is 59.7 Å². The zero-order valence-electron chi connectivity index (χ0n) is 23.9. The first-order valence-corrected chi connectivity index (χ1v) is 13.2. The Hall–Kier alpha value is -3.94. The minimum atomic E-state index is -7.22. The van der Waals surface area contributed by atoms with Crippen molar-refractivity contribution in [2.45, 2.75) is 49.8 Å². The molecule has 2 rings (SSSR count). The molecule has 2 aromatic rings. The Bertz CT molecular complexity index is 1340. The lowest BCUT2D eigenvalue weighted by atomic mass is 10.1. The highest BCUT2D eigenvalue weighted by Crippen LogP contribution is 2.53. The van der Waals surface area contributed by atoms with Gasteiger partial charge in [0.2, 0.25) is 0 Å². The quantitative estimate of drug-likeness (QED) is 0.182. The molecule has 47 heavy (non-hydrogen) atoms. The third-order valence-corrected chi connectivity index (χ3v) is 6.11. The number of carboxylic acids is 1. The number of aliphatic carboxylic acids is 1. The standard InChI is InChI=1S/C27H26F12N2O6/c1-2-45-20(21(42)43)14-16-6-8-19(9-7-16)46-12-10-41(22(44)40-18-5-3-4-17(15-18)23(28,29)30)11-13-47-27(38,39)25(33,34)24(31,32)26(35,36)37/h3-9,15,20H,2,10-14H2,1H3,(H,40,44)(H,42,43). The molecule has 0 bridgehead atoms. The highest BCUT2D eigenvalue weighted by atomic mass is 19.4. The predicted octanol–water partition coefficient (Wildman–Crippen LogP) is 7.09. The summed E-state index contributed by atoms with van der Waals surface area (Å²) in [4.78, 5) is 24.5. The van der Waals surface area contributed by atoms with E-state index in [1.54, 1.807) is 6.92 Å². The molecule has 0 aliphatic rings. The molecule has 0 radical (unpaired) electrons. The monoisotopic (exact) mass is 702 g/mol. The lowest BCUT2D eigenvalue weighted by Crippen LogP contribution is -2.62. The Labute approximate surface area is 258 Å². The van der Waals surface area contributed by atoms with Crippen molar-refractivity contribution in [1.29, 1.82) is 0 Å². The fraction of sp³-hybridized carbons (Fsp3) is 0.481. The Morgan fingerprint density at radius 2 is 1.45 bits per heavy atom. The molecular formula is C27H26F12N2O6.